The molecule has 0 radical (unpaired) electrons. The Morgan fingerprint density at radius 3 is 2.41 bits per heavy atom. The average Bonchev–Trinajstić information content (AvgIpc) is 3.22. The first-order chi connectivity index (χ1) is 15.6. The molecule has 6 heteroatoms. The van der Waals surface area contributed by atoms with Crippen molar-refractivity contribution in [2.75, 3.05) is 7.11 Å². The number of nitrogens with two attached hydrogens (primary N) is 1. The van der Waals surface area contributed by atoms with Gasteiger partial charge in [0.05, 0.1) is 19.7 Å². The summed E-state index contributed by atoms with van der Waals surface area (Å²) in [4.78, 5) is 0. The molecule has 0 fully saturated rings. The van der Waals surface area contributed by atoms with Gasteiger partial charge in [0.15, 0.2) is 11.0 Å². The molecule has 2 N–H and O–H groups in total. The van der Waals surface area contributed by atoms with Gasteiger partial charge in [0.25, 0.3) is 0 Å². The molecule has 4 aromatic rings. The highest BCUT2D eigenvalue weighted by Crippen LogP contribution is 2.27. The van der Waals surface area contributed by atoms with Crippen molar-refractivity contribution in [3.8, 4) is 5.75 Å². The van der Waals surface area contributed by atoms with Crippen molar-refractivity contribution in [1.82, 2.24) is 14.8 Å². The number of hydrogen-bond donors (Lipinski definition) is 1. The number of aromatic nitrogens is 3. The third-order valence-electron chi connectivity index (χ3n) is 5.34. The molecule has 0 unspecified atom stereocenters. The van der Waals surface area contributed by atoms with Gasteiger partial charge in [-0.3, -0.25) is 0 Å². The molecular weight excluding hydrogens is 416 g/mol. The molecule has 0 saturated carbocycles. The minimum atomic E-state index is -0.235. The lowest BCUT2D eigenvalue weighted by Crippen LogP contribution is -2.20. The molecule has 0 spiro atoms. The Balaban J connectivity index is 1.59. The third-order valence-corrected chi connectivity index (χ3v) is 6.38. The zero-order valence-corrected chi connectivity index (χ0v) is 19.3. The third kappa shape index (κ3) is 5.58. The van der Waals surface area contributed by atoms with Gasteiger partial charge in [0, 0.05) is 5.75 Å². The van der Waals surface area contributed by atoms with E-state index in [2.05, 4.69) is 70.2 Å². The number of thioether (sulfide) groups is 1. The molecule has 0 amide bonds. The SMILES string of the molecule is COc1cccc(CSc2nnc([C@@H](N)Cc3ccccc3)n2Cc2ccc(C)cc2)c1. The van der Waals surface area contributed by atoms with Crippen molar-refractivity contribution in [3.63, 3.8) is 0 Å². The van der Waals surface area contributed by atoms with Gasteiger partial charge in [-0.05, 0) is 42.2 Å². The number of rotatable bonds is 9. The zero-order valence-electron chi connectivity index (χ0n) is 18.4. The fourth-order valence-electron chi connectivity index (χ4n) is 3.58. The van der Waals surface area contributed by atoms with Crippen LogP contribution >= 0.6 is 11.8 Å². The van der Waals surface area contributed by atoms with Crippen molar-refractivity contribution in [1.29, 1.82) is 0 Å². The summed E-state index contributed by atoms with van der Waals surface area (Å²) in [6.45, 7) is 2.78. The number of ether oxygens (including phenoxy) is 1. The van der Waals surface area contributed by atoms with E-state index in [0.717, 1.165) is 22.5 Å². The lowest BCUT2D eigenvalue weighted by molar-refractivity contribution is 0.414. The molecule has 0 bridgehead atoms. The predicted molar refractivity (Wildman–Crippen MR) is 130 cm³/mol. The number of hydrogen-bond acceptors (Lipinski definition) is 5. The molecule has 32 heavy (non-hydrogen) atoms. The maximum atomic E-state index is 6.61. The van der Waals surface area contributed by atoms with Gasteiger partial charge < -0.3 is 15.0 Å². The molecule has 5 nitrogen and oxygen atoms in total. The molecule has 0 aliphatic heterocycles. The van der Waals surface area contributed by atoms with Crippen molar-refractivity contribution in [2.45, 2.75) is 36.8 Å². The molecule has 3 aromatic carbocycles. The molecule has 0 aliphatic carbocycles. The van der Waals surface area contributed by atoms with Gasteiger partial charge >= 0.3 is 0 Å². The summed E-state index contributed by atoms with van der Waals surface area (Å²) in [6.07, 6.45) is 0.716. The second-order valence-electron chi connectivity index (χ2n) is 7.85. The number of aryl methyl sites for hydroxylation is 1. The second-order valence-corrected chi connectivity index (χ2v) is 8.79. The van der Waals surface area contributed by atoms with E-state index < -0.39 is 0 Å². The van der Waals surface area contributed by atoms with Crippen molar-refractivity contribution in [2.24, 2.45) is 5.73 Å². The van der Waals surface area contributed by atoms with Crippen LogP contribution in [0.5, 0.6) is 5.75 Å². The molecular formula is C26H28N4OS. The Morgan fingerprint density at radius 2 is 1.66 bits per heavy atom. The second kappa shape index (κ2) is 10.5. The topological polar surface area (TPSA) is 66.0 Å². The summed E-state index contributed by atoms with van der Waals surface area (Å²) < 4.78 is 7.51. The van der Waals surface area contributed by atoms with E-state index in [0.29, 0.717) is 13.0 Å². The number of methoxy groups -OCH3 is 1. The first-order valence-corrected chi connectivity index (χ1v) is 11.6. The van der Waals surface area contributed by atoms with Gasteiger partial charge in [0.2, 0.25) is 0 Å². The Kier molecular flexibility index (Phi) is 7.24. The highest BCUT2D eigenvalue weighted by molar-refractivity contribution is 7.98. The summed E-state index contributed by atoms with van der Waals surface area (Å²) in [5.41, 5.74) is 11.4. The van der Waals surface area contributed by atoms with E-state index in [4.69, 9.17) is 10.5 Å². The minimum Gasteiger partial charge on any atom is -0.497 e. The van der Waals surface area contributed by atoms with Gasteiger partial charge in [-0.1, -0.05) is 84.1 Å². The quantitative estimate of drug-likeness (QED) is 0.360. The Labute approximate surface area is 193 Å². The van der Waals surface area contributed by atoms with Crippen molar-refractivity contribution < 1.29 is 4.74 Å². The highest BCUT2D eigenvalue weighted by Gasteiger charge is 2.19. The van der Waals surface area contributed by atoms with Crippen molar-refractivity contribution in [3.05, 3.63) is 107 Å². The maximum absolute atomic E-state index is 6.61. The van der Waals surface area contributed by atoms with Crippen LogP contribution in [0.2, 0.25) is 0 Å². The summed E-state index contributed by atoms with van der Waals surface area (Å²) in [5, 5.41) is 9.90. The standard InChI is InChI=1S/C26H28N4OS/c1-19-11-13-21(14-12-19)17-30-25(24(27)16-20-7-4-3-5-8-20)28-29-26(30)32-18-22-9-6-10-23(15-22)31-2/h3-15,24H,16-18,27H2,1-2H3/t24-/m0/s1. The van der Waals surface area contributed by atoms with E-state index in [1.165, 1.54) is 22.3 Å². The van der Waals surface area contributed by atoms with E-state index in [1.54, 1.807) is 18.9 Å². The van der Waals surface area contributed by atoms with Crippen LogP contribution in [0.25, 0.3) is 0 Å². The van der Waals surface area contributed by atoms with Crippen LogP contribution < -0.4 is 10.5 Å². The minimum absolute atomic E-state index is 0.235. The average molecular weight is 445 g/mol. The normalized spacial score (nSPS) is 12.0. The van der Waals surface area contributed by atoms with Gasteiger partial charge in [-0.25, -0.2) is 0 Å². The molecule has 4 rings (SSSR count). The van der Waals surface area contributed by atoms with E-state index in [-0.39, 0.29) is 6.04 Å². The van der Waals surface area contributed by atoms with Crippen LogP contribution in [0.1, 0.15) is 34.1 Å². The molecule has 1 aromatic heterocycles. The van der Waals surface area contributed by atoms with Crippen LogP contribution in [0.3, 0.4) is 0 Å². The molecule has 1 heterocycles. The van der Waals surface area contributed by atoms with Crippen LogP contribution in [0.4, 0.5) is 0 Å². The smallest absolute Gasteiger partial charge is 0.191 e. The van der Waals surface area contributed by atoms with E-state index in [9.17, 15) is 0 Å². The van der Waals surface area contributed by atoms with Gasteiger partial charge in [0.1, 0.15) is 5.75 Å². The van der Waals surface area contributed by atoms with Gasteiger partial charge in [-0.2, -0.15) is 0 Å². The molecule has 0 aliphatic rings. The monoisotopic (exact) mass is 444 g/mol. The van der Waals surface area contributed by atoms with Crippen molar-refractivity contribution >= 4 is 11.8 Å². The van der Waals surface area contributed by atoms with Crippen LogP contribution in [0, 0.1) is 6.92 Å². The number of nitrogens with zero attached hydrogens (tertiary/aromatic N) is 3. The molecule has 1 atom stereocenters. The maximum Gasteiger partial charge on any atom is 0.191 e. The predicted octanol–water partition coefficient (Wildman–Crippen LogP) is 5.18. The zero-order chi connectivity index (χ0) is 22.3. The summed E-state index contributed by atoms with van der Waals surface area (Å²) in [7, 11) is 1.69. The van der Waals surface area contributed by atoms with Crippen LogP contribution in [0.15, 0.2) is 84.0 Å². The highest BCUT2D eigenvalue weighted by atomic mass is 32.2. The fourth-order valence-corrected chi connectivity index (χ4v) is 4.46. The first-order valence-electron chi connectivity index (χ1n) is 10.7. The summed E-state index contributed by atoms with van der Waals surface area (Å²) in [5.74, 6) is 2.44. The fraction of sp³-hybridized carbons (Fsp3) is 0.231. The first kappa shape index (κ1) is 22.1. The number of benzene rings is 3. The van der Waals surface area contributed by atoms with Gasteiger partial charge in [-0.15, -0.1) is 10.2 Å². The molecule has 0 saturated heterocycles. The van der Waals surface area contributed by atoms with Crippen LogP contribution in [-0.4, -0.2) is 21.9 Å². The largest absolute Gasteiger partial charge is 0.497 e. The van der Waals surface area contributed by atoms with E-state index >= 15 is 0 Å². The molecule has 164 valence electrons. The Morgan fingerprint density at radius 1 is 0.906 bits per heavy atom. The lowest BCUT2D eigenvalue weighted by Gasteiger charge is -2.15. The van der Waals surface area contributed by atoms with Crippen LogP contribution in [-0.2, 0) is 18.7 Å². The summed E-state index contributed by atoms with van der Waals surface area (Å²) in [6, 6.07) is 26.7. The Hall–Kier alpha value is -3.09. The van der Waals surface area contributed by atoms with E-state index in [1.807, 2.05) is 30.3 Å². The lowest BCUT2D eigenvalue weighted by atomic mass is 10.1. The Bertz CT molecular complexity index is 1140. The summed E-state index contributed by atoms with van der Waals surface area (Å²) >= 11 is 1.66.